The van der Waals surface area contributed by atoms with Crippen LogP contribution in [-0.4, -0.2) is 30.6 Å². The number of carbonyl (C=O) groups is 1. The molecule has 0 aliphatic carbocycles. The fraction of sp³-hybridized carbons (Fsp3) is 0.400. The fourth-order valence-electron chi connectivity index (χ4n) is 2.74. The molecule has 2 heterocycles. The first-order valence-electron chi connectivity index (χ1n) is 8.52. The second-order valence-electron chi connectivity index (χ2n) is 7.00. The van der Waals surface area contributed by atoms with Crippen molar-refractivity contribution >= 4 is 5.91 Å². The molecule has 1 amide bonds. The van der Waals surface area contributed by atoms with Gasteiger partial charge in [-0.05, 0) is 36.2 Å². The van der Waals surface area contributed by atoms with Crippen LogP contribution in [0, 0.1) is 6.92 Å². The SMILES string of the molecule is Cc1ccc(CC(=O)NCC(C)(C)c2ccc3c(c2)OCCO3)cn1. The smallest absolute Gasteiger partial charge is 0.224 e. The number of nitrogens with zero attached hydrogens (tertiary/aromatic N) is 1. The Morgan fingerprint density at radius 1 is 1.16 bits per heavy atom. The summed E-state index contributed by atoms with van der Waals surface area (Å²) in [6.07, 6.45) is 2.09. The van der Waals surface area contributed by atoms with Crippen LogP contribution in [0.5, 0.6) is 11.5 Å². The first-order chi connectivity index (χ1) is 11.9. The normalized spacial score (nSPS) is 13.4. The summed E-state index contributed by atoms with van der Waals surface area (Å²) in [7, 11) is 0. The van der Waals surface area contributed by atoms with E-state index >= 15 is 0 Å². The van der Waals surface area contributed by atoms with Crippen LogP contribution in [0.2, 0.25) is 0 Å². The molecule has 5 nitrogen and oxygen atoms in total. The van der Waals surface area contributed by atoms with Crippen molar-refractivity contribution in [3.8, 4) is 11.5 Å². The van der Waals surface area contributed by atoms with Gasteiger partial charge >= 0.3 is 0 Å². The molecule has 0 atom stereocenters. The number of carbonyl (C=O) groups excluding carboxylic acids is 1. The van der Waals surface area contributed by atoms with E-state index in [1.807, 2.05) is 37.3 Å². The fourth-order valence-corrected chi connectivity index (χ4v) is 2.74. The summed E-state index contributed by atoms with van der Waals surface area (Å²) in [5.41, 5.74) is 2.76. The molecule has 2 aromatic rings. The Bertz CT molecular complexity index is 754. The second-order valence-corrected chi connectivity index (χ2v) is 7.00. The van der Waals surface area contributed by atoms with Gasteiger partial charge in [0.25, 0.3) is 0 Å². The highest BCUT2D eigenvalue weighted by molar-refractivity contribution is 5.78. The van der Waals surface area contributed by atoms with Gasteiger partial charge in [0.15, 0.2) is 11.5 Å². The van der Waals surface area contributed by atoms with E-state index in [1.54, 1.807) is 6.20 Å². The number of fused-ring (bicyclic) bond motifs is 1. The Hall–Kier alpha value is -2.56. The molecule has 0 bridgehead atoms. The van der Waals surface area contributed by atoms with E-state index in [1.165, 1.54) is 0 Å². The van der Waals surface area contributed by atoms with Gasteiger partial charge in [-0.15, -0.1) is 0 Å². The van der Waals surface area contributed by atoms with Gasteiger partial charge in [-0.1, -0.05) is 26.0 Å². The van der Waals surface area contributed by atoms with Gasteiger partial charge < -0.3 is 14.8 Å². The minimum atomic E-state index is -0.211. The van der Waals surface area contributed by atoms with Crippen molar-refractivity contribution in [2.75, 3.05) is 19.8 Å². The van der Waals surface area contributed by atoms with Crippen LogP contribution in [0.15, 0.2) is 36.5 Å². The predicted molar refractivity (Wildman–Crippen MR) is 96.1 cm³/mol. The van der Waals surface area contributed by atoms with Gasteiger partial charge in [0.05, 0.1) is 6.42 Å². The molecule has 25 heavy (non-hydrogen) atoms. The average Bonchev–Trinajstić information content (AvgIpc) is 2.62. The molecule has 3 rings (SSSR count). The van der Waals surface area contributed by atoms with E-state index < -0.39 is 0 Å². The standard InChI is InChI=1S/C20H24N2O3/c1-14-4-5-15(12-21-14)10-19(23)22-13-20(2,3)16-6-7-17-18(11-16)25-9-8-24-17/h4-7,11-12H,8-10,13H2,1-3H3,(H,22,23). The minimum Gasteiger partial charge on any atom is -0.486 e. The summed E-state index contributed by atoms with van der Waals surface area (Å²) < 4.78 is 11.2. The molecule has 1 aromatic carbocycles. The number of aryl methyl sites for hydroxylation is 1. The number of hydrogen-bond donors (Lipinski definition) is 1. The Kier molecular flexibility index (Phi) is 4.93. The lowest BCUT2D eigenvalue weighted by molar-refractivity contribution is -0.120. The van der Waals surface area contributed by atoms with Gasteiger partial charge in [0.2, 0.25) is 5.91 Å². The zero-order chi connectivity index (χ0) is 17.9. The number of benzene rings is 1. The van der Waals surface area contributed by atoms with Crippen LogP contribution in [0.4, 0.5) is 0 Å². The molecule has 0 fully saturated rings. The highest BCUT2D eigenvalue weighted by Crippen LogP contribution is 2.34. The molecule has 0 unspecified atom stereocenters. The van der Waals surface area contributed by atoms with Crippen molar-refractivity contribution in [2.24, 2.45) is 0 Å². The topological polar surface area (TPSA) is 60.5 Å². The number of ether oxygens (including phenoxy) is 2. The first kappa shape index (κ1) is 17.3. The van der Waals surface area contributed by atoms with Crippen molar-refractivity contribution < 1.29 is 14.3 Å². The monoisotopic (exact) mass is 340 g/mol. The van der Waals surface area contributed by atoms with Crippen molar-refractivity contribution in [2.45, 2.75) is 32.6 Å². The number of aromatic nitrogens is 1. The highest BCUT2D eigenvalue weighted by atomic mass is 16.6. The third-order valence-electron chi connectivity index (χ3n) is 4.39. The number of pyridine rings is 1. The van der Waals surface area contributed by atoms with Gasteiger partial charge in [-0.3, -0.25) is 9.78 Å². The Morgan fingerprint density at radius 2 is 1.92 bits per heavy atom. The van der Waals surface area contributed by atoms with Crippen LogP contribution < -0.4 is 14.8 Å². The molecule has 0 radical (unpaired) electrons. The summed E-state index contributed by atoms with van der Waals surface area (Å²) in [6, 6.07) is 9.83. The van der Waals surface area contributed by atoms with Crippen LogP contribution in [-0.2, 0) is 16.6 Å². The number of rotatable bonds is 5. The van der Waals surface area contributed by atoms with E-state index in [2.05, 4.69) is 24.1 Å². The Labute approximate surface area is 148 Å². The molecule has 0 saturated carbocycles. The van der Waals surface area contributed by atoms with Crippen LogP contribution in [0.3, 0.4) is 0 Å². The molecule has 1 N–H and O–H groups in total. The lowest BCUT2D eigenvalue weighted by atomic mass is 9.84. The van der Waals surface area contributed by atoms with Gasteiger partial charge in [0.1, 0.15) is 13.2 Å². The van der Waals surface area contributed by atoms with Crippen LogP contribution in [0.1, 0.15) is 30.7 Å². The van der Waals surface area contributed by atoms with Crippen molar-refractivity contribution in [1.82, 2.24) is 10.3 Å². The van der Waals surface area contributed by atoms with Crippen LogP contribution in [0.25, 0.3) is 0 Å². The quantitative estimate of drug-likeness (QED) is 0.909. The average molecular weight is 340 g/mol. The molecule has 1 aliphatic heterocycles. The zero-order valence-corrected chi connectivity index (χ0v) is 15.0. The van der Waals surface area contributed by atoms with Gasteiger partial charge in [-0.25, -0.2) is 0 Å². The van der Waals surface area contributed by atoms with E-state index in [0.717, 1.165) is 28.3 Å². The van der Waals surface area contributed by atoms with Gasteiger partial charge in [0, 0.05) is 23.9 Å². The molecule has 5 heteroatoms. The van der Waals surface area contributed by atoms with Crippen LogP contribution >= 0.6 is 0 Å². The lowest BCUT2D eigenvalue weighted by Gasteiger charge is -2.28. The first-order valence-corrected chi connectivity index (χ1v) is 8.52. The number of nitrogens with one attached hydrogen (secondary N) is 1. The predicted octanol–water partition coefficient (Wildman–Crippen LogP) is 2.80. The Balaban J connectivity index is 1.61. The maximum Gasteiger partial charge on any atom is 0.224 e. The van der Waals surface area contributed by atoms with Crippen molar-refractivity contribution in [3.05, 3.63) is 53.3 Å². The molecule has 1 aromatic heterocycles. The van der Waals surface area contributed by atoms with E-state index in [9.17, 15) is 4.79 Å². The van der Waals surface area contributed by atoms with E-state index in [0.29, 0.717) is 26.2 Å². The second kappa shape index (κ2) is 7.13. The zero-order valence-electron chi connectivity index (χ0n) is 15.0. The minimum absolute atomic E-state index is 0.00345. The van der Waals surface area contributed by atoms with Crippen molar-refractivity contribution in [3.63, 3.8) is 0 Å². The molecule has 132 valence electrons. The lowest BCUT2D eigenvalue weighted by Crippen LogP contribution is -2.37. The number of hydrogen-bond acceptors (Lipinski definition) is 4. The molecule has 1 aliphatic rings. The largest absolute Gasteiger partial charge is 0.486 e. The third kappa shape index (κ3) is 4.29. The maximum absolute atomic E-state index is 12.2. The van der Waals surface area contributed by atoms with Crippen molar-refractivity contribution in [1.29, 1.82) is 0 Å². The molecule has 0 saturated heterocycles. The molecule has 0 spiro atoms. The summed E-state index contributed by atoms with van der Waals surface area (Å²) in [5.74, 6) is 1.55. The number of amides is 1. The summed E-state index contributed by atoms with van der Waals surface area (Å²) in [5, 5.41) is 3.03. The summed E-state index contributed by atoms with van der Waals surface area (Å²) in [6.45, 7) is 7.83. The third-order valence-corrected chi connectivity index (χ3v) is 4.39. The highest BCUT2D eigenvalue weighted by Gasteiger charge is 2.24. The van der Waals surface area contributed by atoms with E-state index in [-0.39, 0.29) is 11.3 Å². The molecular weight excluding hydrogens is 316 g/mol. The maximum atomic E-state index is 12.2. The molecular formula is C20H24N2O3. The summed E-state index contributed by atoms with van der Waals surface area (Å²) >= 11 is 0. The summed E-state index contributed by atoms with van der Waals surface area (Å²) in [4.78, 5) is 16.4. The Morgan fingerprint density at radius 3 is 2.64 bits per heavy atom. The van der Waals surface area contributed by atoms with Gasteiger partial charge in [-0.2, -0.15) is 0 Å². The van der Waals surface area contributed by atoms with E-state index in [4.69, 9.17) is 9.47 Å².